The number of hydrogen-bond donors (Lipinski definition) is 0. The predicted molar refractivity (Wildman–Crippen MR) is 81.2 cm³/mol. The molecule has 0 amide bonds. The zero-order valence-electron chi connectivity index (χ0n) is 13.5. The number of rotatable bonds is 9. The SMILES string of the molecule is CCC(=CCN(CC(C)C)C(CC)CC)C(=O)OC. The lowest BCUT2D eigenvalue weighted by Gasteiger charge is -2.31. The lowest BCUT2D eigenvalue weighted by molar-refractivity contribution is -0.136. The molecule has 0 aliphatic rings. The van der Waals surface area contributed by atoms with E-state index < -0.39 is 0 Å². The topological polar surface area (TPSA) is 29.5 Å². The summed E-state index contributed by atoms with van der Waals surface area (Å²) in [6.07, 6.45) is 5.06. The standard InChI is InChI=1S/C16H31NO2/c1-7-14(16(18)19-6)10-11-17(12-13(4)5)15(8-2)9-3/h10,13,15H,7-9,11-12H2,1-6H3. The van der Waals surface area contributed by atoms with Crippen LogP contribution < -0.4 is 0 Å². The maximum absolute atomic E-state index is 11.6. The maximum Gasteiger partial charge on any atom is 0.333 e. The van der Waals surface area contributed by atoms with Gasteiger partial charge in [0.1, 0.15) is 0 Å². The van der Waals surface area contributed by atoms with Gasteiger partial charge in [-0.3, -0.25) is 4.90 Å². The van der Waals surface area contributed by atoms with E-state index in [4.69, 9.17) is 4.74 Å². The number of ether oxygens (including phenoxy) is 1. The van der Waals surface area contributed by atoms with E-state index in [1.165, 1.54) is 7.11 Å². The molecule has 0 aromatic heterocycles. The molecule has 0 bridgehead atoms. The number of methoxy groups -OCH3 is 1. The first kappa shape index (κ1) is 18.2. The average molecular weight is 269 g/mol. The maximum atomic E-state index is 11.6. The van der Waals surface area contributed by atoms with Gasteiger partial charge in [-0.15, -0.1) is 0 Å². The lowest BCUT2D eigenvalue weighted by Crippen LogP contribution is -2.37. The van der Waals surface area contributed by atoms with Gasteiger partial charge in [0.05, 0.1) is 7.11 Å². The second-order valence-corrected chi connectivity index (χ2v) is 5.39. The lowest BCUT2D eigenvalue weighted by atomic mass is 10.1. The van der Waals surface area contributed by atoms with Gasteiger partial charge in [0, 0.05) is 24.7 Å². The summed E-state index contributed by atoms with van der Waals surface area (Å²) in [7, 11) is 1.44. The molecule has 0 aromatic carbocycles. The van der Waals surface area contributed by atoms with Gasteiger partial charge in [-0.2, -0.15) is 0 Å². The molecule has 0 saturated carbocycles. The fourth-order valence-corrected chi connectivity index (χ4v) is 2.38. The van der Waals surface area contributed by atoms with E-state index in [1.807, 2.05) is 13.0 Å². The molecule has 0 heterocycles. The first-order valence-electron chi connectivity index (χ1n) is 7.51. The summed E-state index contributed by atoms with van der Waals surface area (Å²) in [6, 6.07) is 0.592. The molecule has 0 aliphatic carbocycles. The smallest absolute Gasteiger partial charge is 0.333 e. The third-order valence-corrected chi connectivity index (χ3v) is 3.46. The summed E-state index contributed by atoms with van der Waals surface area (Å²) in [4.78, 5) is 14.1. The van der Waals surface area contributed by atoms with Crippen LogP contribution >= 0.6 is 0 Å². The van der Waals surface area contributed by atoms with Crippen molar-refractivity contribution in [1.82, 2.24) is 4.90 Å². The molecule has 0 saturated heterocycles. The number of hydrogen-bond acceptors (Lipinski definition) is 3. The summed E-state index contributed by atoms with van der Waals surface area (Å²) in [5.41, 5.74) is 0.780. The van der Waals surface area contributed by atoms with E-state index in [9.17, 15) is 4.79 Å². The zero-order valence-corrected chi connectivity index (χ0v) is 13.5. The molecule has 0 radical (unpaired) electrons. The van der Waals surface area contributed by atoms with E-state index in [1.54, 1.807) is 0 Å². The van der Waals surface area contributed by atoms with Crippen molar-refractivity contribution in [3.05, 3.63) is 11.6 Å². The van der Waals surface area contributed by atoms with Crippen LogP contribution in [0.2, 0.25) is 0 Å². The van der Waals surface area contributed by atoms with Crippen LogP contribution in [-0.4, -0.2) is 37.1 Å². The molecule has 3 nitrogen and oxygen atoms in total. The van der Waals surface area contributed by atoms with Gasteiger partial charge in [-0.1, -0.05) is 40.7 Å². The van der Waals surface area contributed by atoms with Crippen molar-refractivity contribution < 1.29 is 9.53 Å². The molecule has 0 aromatic rings. The van der Waals surface area contributed by atoms with Crippen molar-refractivity contribution in [2.75, 3.05) is 20.2 Å². The number of nitrogens with zero attached hydrogens (tertiary/aromatic N) is 1. The van der Waals surface area contributed by atoms with Gasteiger partial charge in [0.15, 0.2) is 0 Å². The Bertz CT molecular complexity index is 280. The average Bonchev–Trinajstić information content (AvgIpc) is 2.39. The first-order valence-corrected chi connectivity index (χ1v) is 7.51. The highest BCUT2D eigenvalue weighted by molar-refractivity contribution is 5.88. The Kier molecular flexibility index (Phi) is 9.58. The highest BCUT2D eigenvalue weighted by Crippen LogP contribution is 2.13. The van der Waals surface area contributed by atoms with Crippen LogP contribution in [0, 0.1) is 5.92 Å². The van der Waals surface area contributed by atoms with Crippen molar-refractivity contribution in [2.24, 2.45) is 5.92 Å². The number of carbonyl (C=O) groups excluding carboxylic acids is 1. The summed E-state index contributed by atoms with van der Waals surface area (Å²) in [5.74, 6) is 0.439. The predicted octanol–water partition coefficient (Wildman–Crippen LogP) is 3.64. The first-order chi connectivity index (χ1) is 8.99. The Morgan fingerprint density at radius 1 is 1.21 bits per heavy atom. The van der Waals surface area contributed by atoms with E-state index in [2.05, 4.69) is 32.6 Å². The molecule has 0 unspecified atom stereocenters. The largest absolute Gasteiger partial charge is 0.466 e. The summed E-state index contributed by atoms with van der Waals surface area (Å²) < 4.78 is 4.80. The van der Waals surface area contributed by atoms with Crippen molar-refractivity contribution in [3.8, 4) is 0 Å². The minimum absolute atomic E-state index is 0.198. The summed E-state index contributed by atoms with van der Waals surface area (Å²) in [6.45, 7) is 12.8. The van der Waals surface area contributed by atoms with Gasteiger partial charge < -0.3 is 4.74 Å². The normalized spacial score (nSPS) is 12.6. The molecule has 0 spiro atoms. The van der Waals surface area contributed by atoms with Crippen molar-refractivity contribution in [1.29, 1.82) is 0 Å². The molecule has 19 heavy (non-hydrogen) atoms. The van der Waals surface area contributed by atoms with Crippen LogP contribution in [0.5, 0.6) is 0 Å². The molecule has 0 N–H and O–H groups in total. The summed E-state index contributed by atoms with van der Waals surface area (Å²) in [5, 5.41) is 0. The molecule has 112 valence electrons. The highest BCUT2D eigenvalue weighted by atomic mass is 16.5. The molecule has 0 rings (SSSR count). The molecular weight excluding hydrogens is 238 g/mol. The van der Waals surface area contributed by atoms with Gasteiger partial charge in [0.2, 0.25) is 0 Å². The summed E-state index contributed by atoms with van der Waals surface area (Å²) >= 11 is 0. The van der Waals surface area contributed by atoms with Crippen LogP contribution in [0.1, 0.15) is 53.9 Å². The Balaban J connectivity index is 4.79. The van der Waals surface area contributed by atoms with Crippen molar-refractivity contribution in [2.45, 2.75) is 59.9 Å². The Morgan fingerprint density at radius 3 is 2.16 bits per heavy atom. The van der Waals surface area contributed by atoms with Crippen molar-refractivity contribution in [3.63, 3.8) is 0 Å². The van der Waals surface area contributed by atoms with Crippen LogP contribution in [0.3, 0.4) is 0 Å². The quantitative estimate of drug-likeness (QED) is 0.473. The molecular formula is C16H31NO2. The van der Waals surface area contributed by atoms with E-state index in [0.29, 0.717) is 12.0 Å². The van der Waals surface area contributed by atoms with Gasteiger partial charge >= 0.3 is 5.97 Å². The van der Waals surface area contributed by atoms with Crippen LogP contribution in [0.15, 0.2) is 11.6 Å². The van der Waals surface area contributed by atoms with Crippen molar-refractivity contribution >= 4 is 5.97 Å². The van der Waals surface area contributed by atoms with E-state index in [0.717, 1.165) is 37.9 Å². The number of esters is 1. The monoisotopic (exact) mass is 269 g/mol. The van der Waals surface area contributed by atoms with Gasteiger partial charge in [-0.05, 0) is 25.2 Å². The van der Waals surface area contributed by atoms with E-state index in [-0.39, 0.29) is 5.97 Å². The minimum atomic E-state index is -0.198. The molecule has 3 heteroatoms. The molecule has 0 aliphatic heterocycles. The molecule has 0 fully saturated rings. The van der Waals surface area contributed by atoms with E-state index >= 15 is 0 Å². The Hall–Kier alpha value is -0.830. The Morgan fingerprint density at radius 2 is 1.79 bits per heavy atom. The van der Waals surface area contributed by atoms with Crippen LogP contribution in [0.4, 0.5) is 0 Å². The third kappa shape index (κ3) is 6.76. The van der Waals surface area contributed by atoms with Crippen LogP contribution in [-0.2, 0) is 9.53 Å². The molecule has 0 atom stereocenters. The third-order valence-electron chi connectivity index (χ3n) is 3.46. The number of carbonyl (C=O) groups is 1. The fraction of sp³-hybridized carbons (Fsp3) is 0.812. The second kappa shape index (κ2) is 10.0. The fourth-order valence-electron chi connectivity index (χ4n) is 2.38. The second-order valence-electron chi connectivity index (χ2n) is 5.39. The van der Waals surface area contributed by atoms with Gasteiger partial charge in [0.25, 0.3) is 0 Å². The minimum Gasteiger partial charge on any atom is -0.466 e. The zero-order chi connectivity index (χ0) is 14.8. The van der Waals surface area contributed by atoms with Gasteiger partial charge in [-0.25, -0.2) is 4.79 Å². The Labute approximate surface area is 119 Å². The highest BCUT2D eigenvalue weighted by Gasteiger charge is 2.16. The van der Waals surface area contributed by atoms with Crippen LogP contribution in [0.25, 0.3) is 0 Å².